The molecule has 0 atom stereocenters. The monoisotopic (exact) mass is 996 g/mol. The summed E-state index contributed by atoms with van der Waals surface area (Å²) in [6.07, 6.45) is 0. The van der Waals surface area contributed by atoms with Crippen LogP contribution in [0.2, 0.25) is 0 Å². The van der Waals surface area contributed by atoms with E-state index in [4.69, 9.17) is 13.3 Å². The minimum Gasteiger partial charge on any atom is -0.456 e. The van der Waals surface area contributed by atoms with Crippen LogP contribution in [0.5, 0.6) is 0 Å². The summed E-state index contributed by atoms with van der Waals surface area (Å²) in [4.78, 5) is 20.2. The Balaban J connectivity index is 0.926. The molecule has 15 rings (SSSR count). The Kier molecular flexibility index (Phi) is 9.54. The first-order valence-corrected chi connectivity index (χ1v) is 26.5. The Morgan fingerprint density at radius 2 is 0.779 bits per heavy atom. The topological polar surface area (TPSA) is 63.0 Å². The summed E-state index contributed by atoms with van der Waals surface area (Å²) in [7, 11) is 0. The van der Waals surface area contributed by atoms with Gasteiger partial charge in [-0.15, -0.1) is 0 Å². The highest BCUT2D eigenvalue weighted by molar-refractivity contribution is 6.30. The first-order valence-electron chi connectivity index (χ1n) is 26.5. The van der Waals surface area contributed by atoms with Crippen LogP contribution in [0.15, 0.2) is 220 Å². The summed E-state index contributed by atoms with van der Waals surface area (Å²) in [5.74, 6) is -0.0576. The fourth-order valence-electron chi connectivity index (χ4n) is 12.0. The number of nitrogens with zero attached hydrogens (tertiary/aromatic N) is 2. The number of carbonyl (C=O) groups excluding carboxylic acids is 1. The van der Waals surface area contributed by atoms with E-state index in [1.165, 1.54) is 11.1 Å². The van der Waals surface area contributed by atoms with Crippen molar-refractivity contribution in [2.45, 2.75) is 52.4 Å². The van der Waals surface area contributed by atoms with Crippen molar-refractivity contribution in [3.05, 3.63) is 229 Å². The molecular formula is C71H52N2O4. The standard InChI is InChI=1S/C71H52N2O4/c1-70(2,3)45-19-23-47(24-20-45)72(50-28-31-62-56(37-50)54-33-41-13-7-9-15-43(41)35-64(54)75-62)49-27-30-52-58(39-49)68(74)59-40-60(67-53-17-11-12-18-61(53)77-69(67)66(52)59)73(48-25-21-46(22-26-48)71(4,5)6)51-29-32-63-57(38-51)55-34-42-14-8-10-16-44(42)36-65(55)76-63/h7-40H,1-6H3. The number of para-hydroxylation sites is 1. The lowest BCUT2D eigenvalue weighted by molar-refractivity contribution is 0.104. The van der Waals surface area contributed by atoms with Crippen molar-refractivity contribution in [2.24, 2.45) is 0 Å². The fourth-order valence-corrected chi connectivity index (χ4v) is 12.0. The van der Waals surface area contributed by atoms with E-state index in [0.29, 0.717) is 16.7 Å². The minimum absolute atomic E-state index is 0.0332. The molecule has 6 heteroatoms. The summed E-state index contributed by atoms with van der Waals surface area (Å²) < 4.78 is 20.1. The largest absolute Gasteiger partial charge is 0.456 e. The Bertz CT molecular complexity index is 4790. The van der Waals surface area contributed by atoms with Gasteiger partial charge in [-0.25, -0.2) is 0 Å². The van der Waals surface area contributed by atoms with Gasteiger partial charge in [-0.3, -0.25) is 4.79 Å². The third-order valence-corrected chi connectivity index (χ3v) is 16.0. The molecule has 0 N–H and O–H groups in total. The van der Waals surface area contributed by atoms with Gasteiger partial charge < -0.3 is 23.1 Å². The third kappa shape index (κ3) is 7.05. The van der Waals surface area contributed by atoms with E-state index >= 15 is 4.79 Å². The number of ketones is 1. The van der Waals surface area contributed by atoms with Crippen molar-refractivity contribution in [1.82, 2.24) is 0 Å². The van der Waals surface area contributed by atoms with E-state index in [0.717, 1.165) is 127 Å². The van der Waals surface area contributed by atoms with Gasteiger partial charge in [0.1, 0.15) is 33.5 Å². The zero-order chi connectivity index (χ0) is 52.1. The summed E-state index contributed by atoms with van der Waals surface area (Å²) >= 11 is 0. The van der Waals surface area contributed by atoms with Gasteiger partial charge in [0.2, 0.25) is 0 Å². The molecule has 370 valence electrons. The zero-order valence-electron chi connectivity index (χ0n) is 43.7. The molecule has 14 aromatic rings. The van der Waals surface area contributed by atoms with Crippen LogP contribution in [-0.4, -0.2) is 5.78 Å². The van der Waals surface area contributed by atoms with Crippen LogP contribution in [0.4, 0.5) is 34.1 Å². The Morgan fingerprint density at radius 3 is 1.34 bits per heavy atom. The SMILES string of the molecule is CC(C)(C)c1ccc(N(c2ccc3c(c2)C(=O)c2cc(N(c4ccc(C(C)(C)C)cc4)c4ccc5oc6cc7ccccc7cc6c5c4)c4c(oc5ccccc54)c2-3)c2ccc3oc4cc5ccccc5cc4c3c2)cc1. The van der Waals surface area contributed by atoms with Gasteiger partial charge >= 0.3 is 0 Å². The van der Waals surface area contributed by atoms with Gasteiger partial charge in [0.05, 0.1) is 11.1 Å². The Morgan fingerprint density at radius 1 is 0.338 bits per heavy atom. The van der Waals surface area contributed by atoms with Crippen LogP contribution in [0.25, 0.3) is 98.5 Å². The first kappa shape index (κ1) is 45.0. The van der Waals surface area contributed by atoms with Gasteiger partial charge in [-0.05, 0) is 158 Å². The third-order valence-electron chi connectivity index (χ3n) is 16.0. The average Bonchev–Trinajstić information content (AvgIpc) is 4.40. The molecule has 0 radical (unpaired) electrons. The van der Waals surface area contributed by atoms with Crippen LogP contribution in [0.1, 0.15) is 68.6 Å². The molecule has 0 fully saturated rings. The van der Waals surface area contributed by atoms with E-state index in [2.05, 4.69) is 245 Å². The second-order valence-electron chi connectivity index (χ2n) is 22.9. The molecule has 1 aliphatic rings. The van der Waals surface area contributed by atoms with Crippen LogP contribution in [-0.2, 0) is 10.8 Å². The molecule has 0 aliphatic heterocycles. The maximum atomic E-state index is 15.6. The average molecular weight is 997 g/mol. The lowest BCUT2D eigenvalue weighted by atomic mass is 9.87. The highest BCUT2D eigenvalue weighted by Crippen LogP contribution is 2.53. The number of furan rings is 3. The second-order valence-corrected chi connectivity index (χ2v) is 22.9. The molecule has 1 aliphatic carbocycles. The Hall–Kier alpha value is -9.39. The van der Waals surface area contributed by atoms with Gasteiger partial charge in [-0.1, -0.05) is 139 Å². The first-order chi connectivity index (χ1) is 37.3. The maximum Gasteiger partial charge on any atom is 0.194 e. The van der Waals surface area contributed by atoms with Gasteiger partial charge in [0.25, 0.3) is 0 Å². The fraction of sp³-hybridized carbons (Fsp3) is 0.113. The number of fused-ring (bicyclic) bond motifs is 15. The summed E-state index contributed by atoms with van der Waals surface area (Å²) in [5, 5.41) is 10.6. The van der Waals surface area contributed by atoms with E-state index in [1.54, 1.807) is 0 Å². The summed E-state index contributed by atoms with van der Waals surface area (Å²) in [6.45, 7) is 13.4. The highest BCUT2D eigenvalue weighted by Gasteiger charge is 2.35. The summed E-state index contributed by atoms with van der Waals surface area (Å²) in [5.41, 5.74) is 15.5. The van der Waals surface area contributed by atoms with Crippen molar-refractivity contribution in [3.63, 3.8) is 0 Å². The number of hydrogen-bond acceptors (Lipinski definition) is 6. The normalized spacial score (nSPS) is 12.8. The number of rotatable bonds is 6. The predicted molar refractivity (Wildman–Crippen MR) is 319 cm³/mol. The van der Waals surface area contributed by atoms with Crippen molar-refractivity contribution < 1.29 is 18.0 Å². The number of hydrogen-bond donors (Lipinski definition) is 0. The van der Waals surface area contributed by atoms with E-state index in [1.807, 2.05) is 12.1 Å². The molecule has 77 heavy (non-hydrogen) atoms. The van der Waals surface area contributed by atoms with Crippen LogP contribution < -0.4 is 9.80 Å². The molecule has 3 aromatic heterocycles. The number of anilines is 6. The molecule has 0 bridgehead atoms. The van der Waals surface area contributed by atoms with Crippen molar-refractivity contribution in [3.8, 4) is 11.1 Å². The molecule has 6 nitrogen and oxygen atoms in total. The van der Waals surface area contributed by atoms with E-state index in [-0.39, 0.29) is 16.6 Å². The Labute approximate surface area is 445 Å². The number of benzene rings is 11. The van der Waals surface area contributed by atoms with Crippen molar-refractivity contribution in [1.29, 1.82) is 0 Å². The van der Waals surface area contributed by atoms with Crippen LogP contribution in [0, 0.1) is 0 Å². The summed E-state index contributed by atoms with van der Waals surface area (Å²) in [6, 6.07) is 72.6. The smallest absolute Gasteiger partial charge is 0.194 e. The van der Waals surface area contributed by atoms with Gasteiger partial charge in [0.15, 0.2) is 5.78 Å². The molecule has 0 spiro atoms. The van der Waals surface area contributed by atoms with Crippen LogP contribution in [0.3, 0.4) is 0 Å². The van der Waals surface area contributed by atoms with E-state index < -0.39 is 0 Å². The van der Waals surface area contributed by atoms with Gasteiger partial charge in [-0.2, -0.15) is 0 Å². The highest BCUT2D eigenvalue weighted by atomic mass is 16.3. The van der Waals surface area contributed by atoms with E-state index in [9.17, 15) is 0 Å². The molecule has 0 saturated carbocycles. The lowest BCUT2D eigenvalue weighted by Gasteiger charge is -2.28. The van der Waals surface area contributed by atoms with Crippen molar-refractivity contribution in [2.75, 3.05) is 9.80 Å². The molecule has 0 saturated heterocycles. The molecule has 0 unspecified atom stereocenters. The second kappa shape index (κ2) is 16.3. The molecule has 11 aromatic carbocycles. The predicted octanol–water partition coefficient (Wildman–Crippen LogP) is 20.4. The number of carbonyl (C=O) groups is 1. The van der Waals surface area contributed by atoms with Crippen molar-refractivity contribution >= 4 is 127 Å². The lowest BCUT2D eigenvalue weighted by Crippen LogP contribution is -2.14. The molecular weight excluding hydrogens is 945 g/mol. The maximum absolute atomic E-state index is 15.6. The quantitative estimate of drug-likeness (QED) is 0.165. The zero-order valence-corrected chi connectivity index (χ0v) is 43.7. The molecule has 3 heterocycles. The minimum atomic E-state index is -0.0576. The molecule has 0 amide bonds. The van der Waals surface area contributed by atoms with Gasteiger partial charge in [0, 0.05) is 72.1 Å². The van der Waals surface area contributed by atoms with Crippen LogP contribution >= 0.6 is 0 Å².